The monoisotopic (exact) mass is 530 g/mol. The van der Waals surface area contributed by atoms with Gasteiger partial charge < -0.3 is 9.90 Å². The molecule has 0 aliphatic heterocycles. The van der Waals surface area contributed by atoms with Crippen molar-refractivity contribution in [2.24, 2.45) is 0 Å². The van der Waals surface area contributed by atoms with Gasteiger partial charge >= 0.3 is 73.1 Å². The van der Waals surface area contributed by atoms with Crippen molar-refractivity contribution < 1.29 is 9.90 Å². The second-order valence-corrected chi connectivity index (χ2v) is 17.3. The van der Waals surface area contributed by atoms with Gasteiger partial charge in [0.1, 0.15) is 0 Å². The van der Waals surface area contributed by atoms with Gasteiger partial charge in [0.15, 0.2) is 0 Å². The predicted molar refractivity (Wildman–Crippen MR) is 136 cm³/mol. The van der Waals surface area contributed by atoms with E-state index in [0.29, 0.717) is 0 Å². The molecule has 0 heterocycles. The van der Waals surface area contributed by atoms with Crippen molar-refractivity contribution in [1.29, 1.82) is 0 Å². The summed E-state index contributed by atoms with van der Waals surface area (Å²) in [5.74, 6) is -0.914. The molecule has 178 valence electrons. The Labute approximate surface area is 197 Å². The Kier molecular flexibility index (Phi) is 31.1. The summed E-state index contributed by atoms with van der Waals surface area (Å²) in [6, 6.07) is 0. The first-order chi connectivity index (χ1) is 14.6. The van der Waals surface area contributed by atoms with Crippen LogP contribution in [0.4, 0.5) is 0 Å². The number of allylic oxidation sites excluding steroid dienone is 2. The summed E-state index contributed by atoms with van der Waals surface area (Å²) < 4.78 is 4.93. The van der Waals surface area contributed by atoms with Crippen molar-refractivity contribution >= 4 is 25.7 Å². The fraction of sp³-hybridized carbons (Fsp3) is 0.889. The van der Waals surface area contributed by atoms with Gasteiger partial charge in [-0.2, -0.15) is 0 Å². The van der Waals surface area contributed by atoms with E-state index < -0.39 is 25.7 Å². The first-order valence-corrected chi connectivity index (χ1v) is 19.4. The van der Waals surface area contributed by atoms with E-state index >= 15 is 0 Å². The quantitative estimate of drug-likeness (QED) is 0.0850. The van der Waals surface area contributed by atoms with E-state index in [0.717, 1.165) is 19.3 Å². The third-order valence-corrected chi connectivity index (χ3v) is 15.8. The molecule has 0 aromatic rings. The molecule has 0 aliphatic carbocycles. The summed E-state index contributed by atoms with van der Waals surface area (Å²) in [6.45, 7) is 9.27. The van der Waals surface area contributed by atoms with Gasteiger partial charge in [-0.25, -0.2) is 0 Å². The Hall–Kier alpha value is 0.00870. The molecule has 0 bridgehead atoms. The average Bonchev–Trinajstić information content (AvgIpc) is 2.72. The summed E-state index contributed by atoms with van der Waals surface area (Å²) in [7, 11) is 0. The number of aliphatic carboxylic acids is 1. The van der Waals surface area contributed by atoms with Gasteiger partial charge in [0.05, 0.1) is 0 Å². The number of carbonyl (C=O) groups excluding carboxylic acids is 1. The molecular weight excluding hydrogens is 475 g/mol. The molecule has 0 rings (SSSR count). The third kappa shape index (κ3) is 30.2. The van der Waals surface area contributed by atoms with Crippen molar-refractivity contribution in [3.8, 4) is 0 Å². The van der Waals surface area contributed by atoms with Crippen molar-refractivity contribution in [3.05, 3.63) is 12.2 Å². The molecule has 0 radical (unpaired) electrons. The van der Waals surface area contributed by atoms with E-state index in [1.165, 1.54) is 83.5 Å². The maximum absolute atomic E-state index is 10.2. The second kappa shape index (κ2) is 29.0. The molecule has 3 heteroatoms. The van der Waals surface area contributed by atoms with Crippen LogP contribution in [0.25, 0.3) is 0 Å². The van der Waals surface area contributed by atoms with Gasteiger partial charge in [0.2, 0.25) is 0 Å². The molecule has 0 atom stereocenters. The molecule has 0 unspecified atom stereocenters. The number of hydrogen-bond donors (Lipinski definition) is 0. The summed E-state index contributed by atoms with van der Waals surface area (Å²) in [5, 5.41) is 10.2. The molecule has 0 amide bonds. The Morgan fingerprint density at radius 2 is 1.00 bits per heavy atom. The Balaban J connectivity index is 0. The van der Waals surface area contributed by atoms with Gasteiger partial charge in [-0.1, -0.05) is 70.4 Å². The zero-order valence-corrected chi connectivity index (χ0v) is 24.0. The molecule has 0 aromatic heterocycles. The fourth-order valence-corrected chi connectivity index (χ4v) is 12.0. The number of unbranched alkanes of at least 4 members (excludes halogenated alkanes) is 11. The molecule has 0 saturated carbocycles. The van der Waals surface area contributed by atoms with Gasteiger partial charge in [-0.3, -0.25) is 0 Å². The van der Waals surface area contributed by atoms with Crippen LogP contribution in [-0.2, 0) is 4.79 Å². The van der Waals surface area contributed by atoms with Gasteiger partial charge in [-0.05, 0) is 38.5 Å². The van der Waals surface area contributed by atoms with E-state index in [2.05, 4.69) is 39.8 Å². The van der Waals surface area contributed by atoms with Gasteiger partial charge in [0, 0.05) is 5.97 Å². The van der Waals surface area contributed by atoms with Crippen LogP contribution in [0.3, 0.4) is 0 Å². The van der Waals surface area contributed by atoms with Crippen LogP contribution in [0.2, 0.25) is 13.3 Å². The van der Waals surface area contributed by atoms with E-state index in [-0.39, 0.29) is 6.42 Å². The maximum atomic E-state index is 10.2. The topological polar surface area (TPSA) is 40.1 Å². The van der Waals surface area contributed by atoms with Gasteiger partial charge in [0.25, 0.3) is 0 Å². The average molecular weight is 529 g/mol. The van der Waals surface area contributed by atoms with Crippen LogP contribution in [-0.4, -0.2) is 25.7 Å². The number of carboxylic acid groups (broad SMARTS) is 1. The minimum atomic E-state index is -0.914. The number of rotatable bonds is 21. The molecule has 0 N–H and O–H groups in total. The number of carbonyl (C=O) groups is 1. The third-order valence-electron chi connectivity index (χ3n) is 5.45. The summed E-state index contributed by atoms with van der Waals surface area (Å²) >= 11 is -0.759. The second-order valence-electron chi connectivity index (χ2n) is 8.71. The fourth-order valence-electron chi connectivity index (χ4n) is 3.78. The zero-order valence-electron chi connectivity index (χ0n) is 21.1. The van der Waals surface area contributed by atoms with Crippen molar-refractivity contribution in [2.45, 2.75) is 150 Å². The molecule has 2 nitrogen and oxygen atoms in total. The summed E-state index contributed by atoms with van der Waals surface area (Å²) in [5.41, 5.74) is 0. The Morgan fingerprint density at radius 3 is 1.40 bits per heavy atom. The molecular formula is C27H54O2Sn. The first-order valence-electron chi connectivity index (χ1n) is 13.3. The standard InChI is InChI=1S/C18H34O2.3C3H7.Sn/c1-2-3-4-5-6-7-8-9-10-11-12-13-14-15-16-17-18(19)20;3*1-3-2;/h9-10H,2-8,11-17H2,1H3,(H,19,20);3*1,3H2,2H3;/q;;;;+1/p-1. The zero-order chi connectivity index (χ0) is 22.7. The van der Waals surface area contributed by atoms with Gasteiger partial charge in [-0.15, -0.1) is 0 Å². The van der Waals surface area contributed by atoms with Crippen molar-refractivity contribution in [2.75, 3.05) is 0 Å². The van der Waals surface area contributed by atoms with E-state index in [1.807, 2.05) is 0 Å². The minimum absolute atomic E-state index is 0.220. The molecule has 0 fully saturated rings. The Bertz CT molecular complexity index is 341. The van der Waals surface area contributed by atoms with Crippen molar-refractivity contribution in [1.82, 2.24) is 0 Å². The SMILES string of the molecule is CCCCCCCCC=CCCCCCCCC(=O)[O-].CC[CH2][Sn+]([CH2]CC)[CH2]CC. The normalized spacial score (nSPS) is 10.8. The summed E-state index contributed by atoms with van der Waals surface area (Å²) in [6.07, 6.45) is 25.3. The van der Waals surface area contributed by atoms with Crippen LogP contribution in [0, 0.1) is 0 Å². The van der Waals surface area contributed by atoms with Crippen LogP contribution in [0.1, 0.15) is 137 Å². The molecule has 0 aromatic carbocycles. The van der Waals surface area contributed by atoms with Crippen LogP contribution in [0.5, 0.6) is 0 Å². The van der Waals surface area contributed by atoms with Crippen LogP contribution >= 0.6 is 0 Å². The first kappa shape index (κ1) is 32.2. The van der Waals surface area contributed by atoms with E-state index in [4.69, 9.17) is 0 Å². The summed E-state index contributed by atoms with van der Waals surface area (Å²) in [4.78, 5) is 10.2. The van der Waals surface area contributed by atoms with E-state index in [9.17, 15) is 9.90 Å². The predicted octanol–water partition coefficient (Wildman–Crippen LogP) is 8.49. The molecule has 30 heavy (non-hydrogen) atoms. The molecule has 0 aliphatic rings. The molecule has 0 saturated heterocycles. The number of hydrogen-bond acceptors (Lipinski definition) is 2. The van der Waals surface area contributed by atoms with Crippen LogP contribution < -0.4 is 5.11 Å². The Morgan fingerprint density at radius 1 is 0.600 bits per heavy atom. The van der Waals surface area contributed by atoms with Crippen molar-refractivity contribution in [3.63, 3.8) is 0 Å². The molecule has 0 spiro atoms. The number of carboxylic acids is 1. The van der Waals surface area contributed by atoms with E-state index in [1.54, 1.807) is 13.3 Å². The van der Waals surface area contributed by atoms with Crippen LogP contribution in [0.15, 0.2) is 12.2 Å².